The third-order valence-electron chi connectivity index (χ3n) is 5.19. The van der Waals surface area contributed by atoms with E-state index in [1.807, 2.05) is 6.07 Å². The highest BCUT2D eigenvalue weighted by Gasteiger charge is 2.43. The fraction of sp³-hybridized carbons (Fsp3) is 0.125. The van der Waals surface area contributed by atoms with Gasteiger partial charge in [-0.15, -0.1) is 0 Å². The molecule has 0 radical (unpaired) electrons. The Hall–Kier alpha value is -3.73. The Labute approximate surface area is 167 Å². The number of rotatable bonds is 5. The summed E-state index contributed by atoms with van der Waals surface area (Å²) in [6, 6.07) is 23.0. The number of carbonyl (C=O) groups is 3. The predicted octanol–water partition coefficient (Wildman–Crippen LogP) is 3.86. The van der Waals surface area contributed by atoms with Crippen molar-refractivity contribution in [1.82, 2.24) is 0 Å². The third-order valence-corrected chi connectivity index (χ3v) is 5.19. The quantitative estimate of drug-likeness (QED) is 0.312. The molecule has 5 heteroatoms. The Morgan fingerprint density at radius 2 is 1.52 bits per heavy atom. The zero-order valence-corrected chi connectivity index (χ0v) is 15.4. The number of aliphatic carboxylic acids is 1. The summed E-state index contributed by atoms with van der Waals surface area (Å²) in [4.78, 5) is 37.2. The monoisotopic (exact) mass is 386 g/mol. The van der Waals surface area contributed by atoms with Gasteiger partial charge in [-0.05, 0) is 23.6 Å². The van der Waals surface area contributed by atoms with Crippen LogP contribution in [0.5, 0.6) is 5.75 Å². The van der Waals surface area contributed by atoms with Crippen molar-refractivity contribution in [2.24, 2.45) is 5.92 Å². The molecule has 5 nitrogen and oxygen atoms in total. The molecule has 1 aliphatic heterocycles. The lowest BCUT2D eigenvalue weighted by Crippen LogP contribution is -2.38. The zero-order chi connectivity index (χ0) is 20.4. The Bertz CT molecular complexity index is 1090. The maximum Gasteiger partial charge on any atom is 0.326 e. The van der Waals surface area contributed by atoms with Gasteiger partial charge in [-0.25, -0.2) is 0 Å². The van der Waals surface area contributed by atoms with Gasteiger partial charge in [0.05, 0.1) is 0 Å². The van der Waals surface area contributed by atoms with Crippen molar-refractivity contribution < 1.29 is 24.2 Å². The maximum absolute atomic E-state index is 13.0. The molecule has 1 aliphatic rings. The van der Waals surface area contributed by atoms with Gasteiger partial charge in [0, 0.05) is 17.0 Å². The normalized spacial score (nSPS) is 17.9. The van der Waals surface area contributed by atoms with E-state index >= 15 is 0 Å². The molecule has 0 aromatic heterocycles. The van der Waals surface area contributed by atoms with E-state index < -0.39 is 23.8 Å². The SMILES string of the molecule is O=C(c1ccccc1)c1ccccc1C[C@@H]1c2ccccc2OC(=O)[C@H]1C(=O)O. The number of carbonyl (C=O) groups excluding carboxylic acids is 2. The summed E-state index contributed by atoms with van der Waals surface area (Å²) in [5.74, 6) is -3.75. The van der Waals surface area contributed by atoms with E-state index in [2.05, 4.69) is 0 Å². The Balaban J connectivity index is 1.76. The van der Waals surface area contributed by atoms with Crippen LogP contribution in [0.3, 0.4) is 0 Å². The minimum Gasteiger partial charge on any atom is -0.481 e. The average molecular weight is 386 g/mol. The van der Waals surface area contributed by atoms with Gasteiger partial charge in [-0.2, -0.15) is 0 Å². The molecule has 1 N–H and O–H groups in total. The first-order valence-corrected chi connectivity index (χ1v) is 9.27. The van der Waals surface area contributed by atoms with Crippen molar-refractivity contribution in [3.05, 3.63) is 101 Å². The molecule has 4 rings (SSSR count). The van der Waals surface area contributed by atoms with Crippen LogP contribution in [-0.4, -0.2) is 22.8 Å². The van der Waals surface area contributed by atoms with E-state index in [9.17, 15) is 19.5 Å². The van der Waals surface area contributed by atoms with Crippen molar-refractivity contribution >= 4 is 17.7 Å². The number of ether oxygens (including phenoxy) is 1. The summed E-state index contributed by atoms with van der Waals surface area (Å²) < 4.78 is 5.23. The van der Waals surface area contributed by atoms with Gasteiger partial charge in [0.25, 0.3) is 0 Å². The lowest BCUT2D eigenvalue weighted by atomic mass is 9.78. The molecule has 144 valence electrons. The van der Waals surface area contributed by atoms with E-state index in [0.29, 0.717) is 28.0 Å². The number of carboxylic acid groups (broad SMARTS) is 1. The van der Waals surface area contributed by atoms with E-state index in [1.165, 1.54) is 0 Å². The molecular weight excluding hydrogens is 368 g/mol. The topological polar surface area (TPSA) is 80.7 Å². The molecule has 3 aromatic rings. The molecule has 0 aliphatic carbocycles. The lowest BCUT2D eigenvalue weighted by Gasteiger charge is -2.30. The van der Waals surface area contributed by atoms with Crippen LogP contribution in [-0.2, 0) is 16.0 Å². The van der Waals surface area contributed by atoms with Crippen LogP contribution in [0, 0.1) is 5.92 Å². The minimum atomic E-state index is -1.33. The van der Waals surface area contributed by atoms with Crippen LogP contribution in [0.1, 0.15) is 33.0 Å². The van der Waals surface area contributed by atoms with Gasteiger partial charge in [-0.1, -0.05) is 72.8 Å². The highest BCUT2D eigenvalue weighted by molar-refractivity contribution is 6.10. The summed E-state index contributed by atoms with van der Waals surface area (Å²) in [6.45, 7) is 0. The Kier molecular flexibility index (Phi) is 4.96. The molecule has 3 aromatic carbocycles. The second kappa shape index (κ2) is 7.72. The van der Waals surface area contributed by atoms with Crippen molar-refractivity contribution in [1.29, 1.82) is 0 Å². The fourth-order valence-electron chi connectivity index (χ4n) is 3.80. The van der Waals surface area contributed by atoms with Crippen LogP contribution in [0.2, 0.25) is 0 Å². The number of para-hydroxylation sites is 1. The first kappa shape index (κ1) is 18.6. The van der Waals surface area contributed by atoms with Crippen LogP contribution < -0.4 is 4.74 Å². The minimum absolute atomic E-state index is 0.139. The van der Waals surface area contributed by atoms with Gasteiger partial charge < -0.3 is 9.84 Å². The molecule has 0 bridgehead atoms. The number of ketones is 1. The molecule has 0 unspecified atom stereocenters. The second-order valence-electron chi connectivity index (χ2n) is 6.94. The largest absolute Gasteiger partial charge is 0.481 e. The van der Waals surface area contributed by atoms with Crippen molar-refractivity contribution in [3.63, 3.8) is 0 Å². The van der Waals surface area contributed by atoms with Gasteiger partial charge in [0.15, 0.2) is 11.7 Å². The van der Waals surface area contributed by atoms with Gasteiger partial charge in [-0.3, -0.25) is 14.4 Å². The number of fused-ring (bicyclic) bond motifs is 1. The van der Waals surface area contributed by atoms with Crippen LogP contribution in [0.25, 0.3) is 0 Å². The first-order chi connectivity index (χ1) is 14.1. The lowest BCUT2D eigenvalue weighted by molar-refractivity contribution is -0.155. The molecule has 0 saturated carbocycles. The highest BCUT2D eigenvalue weighted by Crippen LogP contribution is 2.40. The Morgan fingerprint density at radius 3 is 2.28 bits per heavy atom. The van der Waals surface area contributed by atoms with E-state index in [-0.39, 0.29) is 12.2 Å². The smallest absolute Gasteiger partial charge is 0.326 e. The number of hydrogen-bond donors (Lipinski definition) is 1. The summed E-state index contributed by atoms with van der Waals surface area (Å²) in [7, 11) is 0. The molecule has 2 atom stereocenters. The zero-order valence-electron chi connectivity index (χ0n) is 15.4. The van der Waals surface area contributed by atoms with Crippen molar-refractivity contribution in [3.8, 4) is 5.75 Å². The fourth-order valence-corrected chi connectivity index (χ4v) is 3.80. The number of benzene rings is 3. The van der Waals surface area contributed by atoms with Crippen LogP contribution >= 0.6 is 0 Å². The number of carboxylic acids is 1. The van der Waals surface area contributed by atoms with Gasteiger partial charge >= 0.3 is 11.9 Å². The molecule has 1 heterocycles. The summed E-state index contributed by atoms with van der Waals surface area (Å²) >= 11 is 0. The third kappa shape index (κ3) is 3.55. The molecule has 0 amide bonds. The van der Waals surface area contributed by atoms with Crippen molar-refractivity contribution in [2.75, 3.05) is 0 Å². The molecule has 0 spiro atoms. The molecule has 0 saturated heterocycles. The predicted molar refractivity (Wildman–Crippen MR) is 106 cm³/mol. The summed E-state index contributed by atoms with van der Waals surface area (Å²) in [5.41, 5.74) is 2.40. The second-order valence-corrected chi connectivity index (χ2v) is 6.94. The molecule has 0 fully saturated rings. The maximum atomic E-state index is 13.0. The summed E-state index contributed by atoms with van der Waals surface area (Å²) in [5, 5.41) is 9.67. The van der Waals surface area contributed by atoms with Crippen LogP contribution in [0.15, 0.2) is 78.9 Å². The average Bonchev–Trinajstić information content (AvgIpc) is 2.74. The van der Waals surface area contributed by atoms with Crippen molar-refractivity contribution in [2.45, 2.75) is 12.3 Å². The van der Waals surface area contributed by atoms with E-state index in [1.54, 1.807) is 72.8 Å². The van der Waals surface area contributed by atoms with Gasteiger partial charge in [0.1, 0.15) is 5.75 Å². The Morgan fingerprint density at radius 1 is 0.862 bits per heavy atom. The molecule has 29 heavy (non-hydrogen) atoms. The van der Waals surface area contributed by atoms with Gasteiger partial charge in [0.2, 0.25) is 0 Å². The number of esters is 1. The van der Waals surface area contributed by atoms with E-state index in [4.69, 9.17) is 4.74 Å². The number of hydrogen-bond acceptors (Lipinski definition) is 4. The highest BCUT2D eigenvalue weighted by atomic mass is 16.5. The van der Waals surface area contributed by atoms with Crippen LogP contribution in [0.4, 0.5) is 0 Å². The first-order valence-electron chi connectivity index (χ1n) is 9.27. The van der Waals surface area contributed by atoms with E-state index in [0.717, 1.165) is 0 Å². The summed E-state index contributed by atoms with van der Waals surface area (Å²) in [6.07, 6.45) is 0.234. The standard InChI is InChI=1S/C24H18O5/c25-22(15-8-2-1-3-9-15)17-11-5-4-10-16(17)14-19-18-12-6-7-13-20(18)29-24(28)21(19)23(26)27/h1-13,19,21H,14H2,(H,26,27)/t19-,21-/m1/s1. The molecular formula is C24H18O5.